The van der Waals surface area contributed by atoms with Crippen LogP contribution in [0.15, 0.2) is 24.3 Å². The molecule has 4 nitrogen and oxygen atoms in total. The molecule has 0 bridgehead atoms. The third-order valence-electron chi connectivity index (χ3n) is 2.48. The molecule has 0 aliphatic heterocycles. The van der Waals surface area contributed by atoms with Gasteiger partial charge in [0, 0.05) is 19.0 Å². The van der Waals surface area contributed by atoms with Gasteiger partial charge >= 0.3 is 0 Å². The maximum atomic E-state index is 11.5. The molecule has 0 spiro atoms. The second-order valence-corrected chi connectivity index (χ2v) is 5.31. The molecule has 0 radical (unpaired) electrons. The van der Waals surface area contributed by atoms with Gasteiger partial charge in [0.2, 0.25) is 5.91 Å². The van der Waals surface area contributed by atoms with Crippen molar-refractivity contribution < 1.29 is 9.53 Å². The predicted molar refractivity (Wildman–Crippen MR) is 84.1 cm³/mol. The van der Waals surface area contributed by atoms with Gasteiger partial charge in [-0.15, -0.1) is 12.4 Å². The molecule has 5 heteroatoms. The van der Waals surface area contributed by atoms with Crippen LogP contribution in [0.1, 0.15) is 32.8 Å². The molecule has 1 aromatic rings. The van der Waals surface area contributed by atoms with Crippen LogP contribution in [0.5, 0.6) is 5.75 Å². The maximum Gasteiger partial charge on any atom is 0.221 e. The van der Waals surface area contributed by atoms with Crippen LogP contribution in [-0.4, -0.2) is 18.6 Å². The van der Waals surface area contributed by atoms with Crippen molar-refractivity contribution in [2.75, 3.05) is 6.61 Å². The van der Waals surface area contributed by atoms with Gasteiger partial charge in [-0.1, -0.05) is 26.0 Å². The lowest BCUT2D eigenvalue weighted by molar-refractivity contribution is -0.121. The number of amides is 1. The van der Waals surface area contributed by atoms with E-state index in [9.17, 15) is 4.79 Å². The minimum absolute atomic E-state index is 0. The van der Waals surface area contributed by atoms with Crippen molar-refractivity contribution in [3.8, 4) is 5.75 Å². The molecule has 0 saturated carbocycles. The Hall–Kier alpha value is -1.26. The van der Waals surface area contributed by atoms with Gasteiger partial charge in [0.15, 0.2) is 0 Å². The number of rotatable bonds is 7. The van der Waals surface area contributed by atoms with Crippen LogP contribution in [0.2, 0.25) is 0 Å². The summed E-state index contributed by atoms with van der Waals surface area (Å²) >= 11 is 0. The van der Waals surface area contributed by atoms with Crippen molar-refractivity contribution in [1.82, 2.24) is 5.32 Å². The van der Waals surface area contributed by atoms with E-state index in [1.54, 1.807) is 0 Å². The molecule has 1 amide bonds. The molecule has 0 aliphatic carbocycles. The van der Waals surface area contributed by atoms with E-state index >= 15 is 0 Å². The number of hydrogen-bond acceptors (Lipinski definition) is 3. The number of nitrogens with one attached hydrogen (secondary N) is 1. The average Bonchev–Trinajstić information content (AvgIpc) is 2.34. The van der Waals surface area contributed by atoms with E-state index in [1.807, 2.05) is 31.2 Å². The summed E-state index contributed by atoms with van der Waals surface area (Å²) in [7, 11) is 0. The Morgan fingerprint density at radius 2 is 2.05 bits per heavy atom. The highest BCUT2D eigenvalue weighted by Gasteiger charge is 2.05. The van der Waals surface area contributed by atoms with Gasteiger partial charge in [-0.2, -0.15) is 0 Å². The molecular weight excluding hydrogens is 276 g/mol. The van der Waals surface area contributed by atoms with E-state index < -0.39 is 0 Å². The lowest BCUT2D eigenvalue weighted by atomic mass is 10.2. The second-order valence-electron chi connectivity index (χ2n) is 5.31. The van der Waals surface area contributed by atoms with Crippen molar-refractivity contribution in [3.05, 3.63) is 29.8 Å². The fourth-order valence-electron chi connectivity index (χ4n) is 1.57. The fraction of sp³-hybridized carbons (Fsp3) is 0.533. The summed E-state index contributed by atoms with van der Waals surface area (Å²) < 4.78 is 5.65. The van der Waals surface area contributed by atoms with Crippen LogP contribution in [0.4, 0.5) is 0 Å². The first-order chi connectivity index (χ1) is 8.97. The van der Waals surface area contributed by atoms with Gasteiger partial charge in [-0.25, -0.2) is 0 Å². The van der Waals surface area contributed by atoms with Crippen molar-refractivity contribution in [2.45, 2.75) is 39.8 Å². The molecule has 114 valence electrons. The number of carbonyl (C=O) groups excluding carboxylic acids is 1. The number of halogens is 1. The summed E-state index contributed by atoms with van der Waals surface area (Å²) in [5.74, 6) is 1.31. The van der Waals surface area contributed by atoms with E-state index in [-0.39, 0.29) is 24.4 Å². The third-order valence-corrected chi connectivity index (χ3v) is 2.48. The molecule has 20 heavy (non-hydrogen) atoms. The monoisotopic (exact) mass is 300 g/mol. The second kappa shape index (κ2) is 9.61. The molecular formula is C15H25ClN2O2. The standard InChI is InChI=1S/C15H24N2O2.ClH/c1-11(2)10-19-14-6-4-5-13(8-14)9-17-15(18)7-12(3)16;/h4-6,8,11-12H,7,9-10,16H2,1-3H3,(H,17,18);1H. The van der Waals surface area contributed by atoms with Crippen LogP contribution in [0.25, 0.3) is 0 Å². The zero-order valence-electron chi connectivity index (χ0n) is 12.4. The van der Waals surface area contributed by atoms with Gasteiger partial charge in [-0.05, 0) is 30.5 Å². The lowest BCUT2D eigenvalue weighted by Gasteiger charge is -2.11. The number of benzene rings is 1. The first kappa shape index (κ1) is 18.7. The Morgan fingerprint density at radius 1 is 1.35 bits per heavy atom. The number of hydrogen-bond donors (Lipinski definition) is 2. The minimum atomic E-state index is -0.110. The topological polar surface area (TPSA) is 64.3 Å². The molecule has 1 atom stereocenters. The van der Waals surface area contributed by atoms with Crippen LogP contribution in [0.3, 0.4) is 0 Å². The Labute approximate surface area is 127 Å². The molecule has 0 fully saturated rings. The Bertz CT molecular complexity index is 409. The first-order valence-electron chi connectivity index (χ1n) is 6.71. The average molecular weight is 301 g/mol. The summed E-state index contributed by atoms with van der Waals surface area (Å²) in [5.41, 5.74) is 6.60. The van der Waals surface area contributed by atoms with Crippen molar-refractivity contribution >= 4 is 18.3 Å². The van der Waals surface area contributed by atoms with Crippen molar-refractivity contribution in [1.29, 1.82) is 0 Å². The predicted octanol–water partition coefficient (Wildman–Crippen LogP) is 2.50. The highest BCUT2D eigenvalue weighted by atomic mass is 35.5. The van der Waals surface area contributed by atoms with Crippen LogP contribution >= 0.6 is 12.4 Å². The molecule has 1 aromatic carbocycles. The molecule has 0 saturated heterocycles. The van der Waals surface area contributed by atoms with Crippen molar-refractivity contribution in [3.63, 3.8) is 0 Å². The van der Waals surface area contributed by atoms with E-state index in [0.717, 1.165) is 11.3 Å². The van der Waals surface area contributed by atoms with E-state index in [0.29, 0.717) is 25.5 Å². The van der Waals surface area contributed by atoms with Crippen LogP contribution in [0, 0.1) is 5.92 Å². The fourth-order valence-corrected chi connectivity index (χ4v) is 1.57. The summed E-state index contributed by atoms with van der Waals surface area (Å²) in [4.78, 5) is 11.5. The Balaban J connectivity index is 0.00000361. The third kappa shape index (κ3) is 8.02. The number of carbonyl (C=O) groups is 1. The summed E-state index contributed by atoms with van der Waals surface area (Å²) in [6.07, 6.45) is 0.351. The summed E-state index contributed by atoms with van der Waals surface area (Å²) in [6, 6.07) is 7.67. The molecule has 3 N–H and O–H groups in total. The largest absolute Gasteiger partial charge is 0.493 e. The van der Waals surface area contributed by atoms with E-state index in [2.05, 4.69) is 19.2 Å². The molecule has 0 aliphatic rings. The van der Waals surface area contributed by atoms with Gasteiger partial charge in [-0.3, -0.25) is 4.79 Å². The van der Waals surface area contributed by atoms with Gasteiger partial charge in [0.1, 0.15) is 5.75 Å². The Kier molecular flexibility index (Phi) is 9.01. The first-order valence-corrected chi connectivity index (χ1v) is 6.71. The highest BCUT2D eigenvalue weighted by Crippen LogP contribution is 2.14. The lowest BCUT2D eigenvalue weighted by Crippen LogP contribution is -2.29. The molecule has 0 heterocycles. The minimum Gasteiger partial charge on any atom is -0.493 e. The number of ether oxygens (including phenoxy) is 1. The smallest absolute Gasteiger partial charge is 0.221 e. The quantitative estimate of drug-likeness (QED) is 0.813. The summed E-state index contributed by atoms with van der Waals surface area (Å²) in [5, 5.41) is 2.85. The zero-order valence-corrected chi connectivity index (χ0v) is 13.2. The van der Waals surface area contributed by atoms with Gasteiger partial charge in [0.25, 0.3) is 0 Å². The van der Waals surface area contributed by atoms with Crippen LogP contribution in [-0.2, 0) is 11.3 Å². The maximum absolute atomic E-state index is 11.5. The van der Waals surface area contributed by atoms with E-state index in [4.69, 9.17) is 10.5 Å². The zero-order chi connectivity index (χ0) is 14.3. The molecule has 1 rings (SSSR count). The van der Waals surface area contributed by atoms with Crippen LogP contribution < -0.4 is 15.8 Å². The van der Waals surface area contributed by atoms with Gasteiger partial charge < -0.3 is 15.8 Å². The normalized spacial score (nSPS) is 11.7. The molecule has 0 aromatic heterocycles. The summed E-state index contributed by atoms with van der Waals surface area (Å²) in [6.45, 7) is 7.24. The Morgan fingerprint density at radius 3 is 2.65 bits per heavy atom. The van der Waals surface area contributed by atoms with E-state index in [1.165, 1.54) is 0 Å². The van der Waals surface area contributed by atoms with Crippen molar-refractivity contribution in [2.24, 2.45) is 11.7 Å². The van der Waals surface area contributed by atoms with Gasteiger partial charge in [0.05, 0.1) is 6.61 Å². The molecule has 1 unspecified atom stereocenters. The SMILES string of the molecule is CC(C)COc1cccc(CNC(=O)CC(C)N)c1.Cl. The highest BCUT2D eigenvalue weighted by molar-refractivity contribution is 5.85. The number of nitrogens with two attached hydrogens (primary N) is 1.